The van der Waals surface area contributed by atoms with E-state index < -0.39 is 0 Å². The molecule has 0 heterocycles. The molecule has 0 rings (SSSR count). The molecule has 0 N–H and O–H groups in total. The minimum atomic E-state index is 1.19. The van der Waals surface area contributed by atoms with Crippen LogP contribution in [0.3, 0.4) is 0 Å². The number of allylic oxidation sites excluding steroid dienone is 2. The predicted octanol–water partition coefficient (Wildman–Crippen LogP) is 1.31. The molecule has 0 saturated heterocycles. The lowest BCUT2D eigenvalue weighted by Crippen LogP contribution is -1.40. The quantitative estimate of drug-likeness (QED) is 0.387. The molecule has 1 heteroatoms. The van der Waals surface area contributed by atoms with Crippen LogP contribution in [-0.2, 0) is 0 Å². The molecule has 6 heavy (non-hydrogen) atoms. The van der Waals surface area contributed by atoms with Gasteiger partial charge in [0.2, 0.25) is 0 Å². The lowest BCUT2D eigenvalue weighted by atomic mass is 10.5. The third-order valence-electron chi connectivity index (χ3n) is 0.256. The standard InChI is InChI=1S/C5H4F/c1-2-3-4-5-6/h2-3H,1H2/b3-2+. The monoisotopic (exact) mass is 83.0 g/mol. The molecule has 0 bridgehead atoms. The van der Waals surface area contributed by atoms with Crippen LogP contribution in [0, 0.1) is 19.0 Å². The number of rotatable bonds is 0. The van der Waals surface area contributed by atoms with E-state index in [4.69, 9.17) is 0 Å². The van der Waals surface area contributed by atoms with Gasteiger partial charge in [0.15, 0.2) is 0 Å². The van der Waals surface area contributed by atoms with Crippen molar-refractivity contribution in [3.05, 3.63) is 19.1 Å². The summed E-state index contributed by atoms with van der Waals surface area (Å²) in [5.74, 6) is 2.04. The molecule has 0 aliphatic rings. The molecule has 0 aromatic heterocycles. The largest absolute Gasteiger partial charge is 0.144 e. The highest BCUT2D eigenvalue weighted by atomic mass is 19.1. The molecule has 31 valence electrons. The van der Waals surface area contributed by atoms with Crippen molar-refractivity contribution in [2.24, 2.45) is 0 Å². The summed E-state index contributed by atoms with van der Waals surface area (Å²) in [6.45, 7) is 3.27. The molecule has 0 amide bonds. The maximum atomic E-state index is 10.7. The minimum Gasteiger partial charge on any atom is -0.144 e. The molecule has 0 spiro atoms. The smallest absolute Gasteiger partial charge is 0.110 e. The molecule has 0 unspecified atom stereocenters. The Labute approximate surface area is 36.7 Å². The summed E-state index contributed by atoms with van der Waals surface area (Å²) in [5, 5.41) is 0. The molecular weight excluding hydrogens is 79.1 g/mol. The average Bonchev–Trinajstić information content (AvgIpc) is 1.61. The topological polar surface area (TPSA) is 0 Å². The van der Waals surface area contributed by atoms with Crippen molar-refractivity contribution in [3.8, 4) is 12.1 Å². The first-order chi connectivity index (χ1) is 2.91. The maximum Gasteiger partial charge on any atom is 0.110 e. The Balaban J connectivity index is 3.24. The van der Waals surface area contributed by atoms with Crippen LogP contribution in [0.4, 0.5) is 4.39 Å². The first-order valence-electron chi connectivity index (χ1n) is 1.47. The zero-order chi connectivity index (χ0) is 4.83. The van der Waals surface area contributed by atoms with Gasteiger partial charge in [-0.05, 0) is 18.9 Å². The van der Waals surface area contributed by atoms with Crippen LogP contribution in [0.5, 0.6) is 0 Å². The van der Waals surface area contributed by atoms with Crippen LogP contribution in [-0.4, -0.2) is 0 Å². The zero-order valence-electron chi connectivity index (χ0n) is 3.24. The highest BCUT2D eigenvalue weighted by molar-refractivity contribution is 5.12. The molecule has 0 saturated carbocycles. The van der Waals surface area contributed by atoms with Crippen LogP contribution < -0.4 is 0 Å². The summed E-state index contributed by atoms with van der Waals surface area (Å²) >= 11 is 0. The summed E-state index contributed by atoms with van der Waals surface area (Å²) in [6.07, 6.45) is 3.95. The van der Waals surface area contributed by atoms with Gasteiger partial charge in [-0.2, -0.15) is 0 Å². The third kappa shape index (κ3) is 3.23. The highest BCUT2D eigenvalue weighted by Crippen LogP contribution is 1.62. The van der Waals surface area contributed by atoms with Gasteiger partial charge >= 0.3 is 0 Å². The molecule has 0 aliphatic carbocycles. The van der Waals surface area contributed by atoms with E-state index in [0.29, 0.717) is 0 Å². The van der Waals surface area contributed by atoms with E-state index in [9.17, 15) is 4.39 Å². The van der Waals surface area contributed by atoms with Crippen molar-refractivity contribution in [2.75, 3.05) is 0 Å². The fourth-order valence-corrected chi connectivity index (χ4v) is 0.0904. The van der Waals surface area contributed by atoms with Crippen LogP contribution in [0.1, 0.15) is 0 Å². The van der Waals surface area contributed by atoms with Crippen LogP contribution in [0.2, 0.25) is 0 Å². The summed E-state index contributed by atoms with van der Waals surface area (Å²) in [6, 6.07) is 0. The van der Waals surface area contributed by atoms with Gasteiger partial charge in [-0.15, -0.1) is 4.39 Å². The fraction of sp³-hybridized carbons (Fsp3) is 0. The number of hydrogen-bond acceptors (Lipinski definition) is 0. The Bertz CT molecular complexity index is 92.2. The summed E-state index contributed by atoms with van der Waals surface area (Å²) in [7, 11) is 0. The molecule has 0 nitrogen and oxygen atoms in total. The predicted molar refractivity (Wildman–Crippen MR) is 23.4 cm³/mol. The molecule has 0 atom stereocenters. The molecule has 0 aliphatic heterocycles. The van der Waals surface area contributed by atoms with Crippen LogP contribution in [0.15, 0.2) is 12.2 Å². The average molecular weight is 83.1 g/mol. The highest BCUT2D eigenvalue weighted by Gasteiger charge is 1.48. The molecule has 1 radical (unpaired) electrons. The molecule has 0 aromatic carbocycles. The second kappa shape index (κ2) is 4.23. The van der Waals surface area contributed by atoms with Gasteiger partial charge in [0.1, 0.15) is 6.17 Å². The van der Waals surface area contributed by atoms with Gasteiger partial charge in [-0.3, -0.25) is 0 Å². The molecule has 0 aromatic rings. The van der Waals surface area contributed by atoms with E-state index in [-0.39, 0.29) is 0 Å². The summed E-state index contributed by atoms with van der Waals surface area (Å²) < 4.78 is 10.7. The Morgan fingerprint density at radius 2 is 2.33 bits per heavy atom. The van der Waals surface area contributed by atoms with Crippen molar-refractivity contribution in [3.63, 3.8) is 0 Å². The summed E-state index contributed by atoms with van der Waals surface area (Å²) in [4.78, 5) is 0. The van der Waals surface area contributed by atoms with Gasteiger partial charge in [0.05, 0.1) is 0 Å². The van der Waals surface area contributed by atoms with E-state index in [2.05, 4.69) is 6.92 Å². The Morgan fingerprint density at radius 3 is 2.50 bits per heavy atom. The van der Waals surface area contributed by atoms with Crippen molar-refractivity contribution in [2.45, 2.75) is 0 Å². The fourth-order valence-electron chi connectivity index (χ4n) is 0.0904. The van der Waals surface area contributed by atoms with E-state index in [1.165, 1.54) is 18.3 Å². The minimum absolute atomic E-state index is 1.19. The first-order valence-corrected chi connectivity index (χ1v) is 1.47. The van der Waals surface area contributed by atoms with E-state index in [1.807, 2.05) is 5.92 Å². The second-order valence-electron chi connectivity index (χ2n) is 0.641. The van der Waals surface area contributed by atoms with Crippen molar-refractivity contribution < 1.29 is 4.39 Å². The third-order valence-corrected chi connectivity index (χ3v) is 0.256. The second-order valence-corrected chi connectivity index (χ2v) is 0.641. The van der Waals surface area contributed by atoms with Gasteiger partial charge in [0.25, 0.3) is 0 Å². The Kier molecular flexibility index (Phi) is 3.69. The Morgan fingerprint density at radius 1 is 1.67 bits per heavy atom. The maximum absolute atomic E-state index is 10.7. The zero-order valence-corrected chi connectivity index (χ0v) is 3.24. The Hall–Kier alpha value is -0.770. The first kappa shape index (κ1) is 5.23. The lowest BCUT2D eigenvalue weighted by molar-refractivity contribution is 0.774. The van der Waals surface area contributed by atoms with Crippen molar-refractivity contribution in [1.29, 1.82) is 0 Å². The van der Waals surface area contributed by atoms with Gasteiger partial charge < -0.3 is 0 Å². The van der Waals surface area contributed by atoms with E-state index >= 15 is 0 Å². The van der Waals surface area contributed by atoms with Crippen molar-refractivity contribution in [1.82, 2.24) is 0 Å². The SMILES string of the molecule is [CH2]/C=C/C#CF. The van der Waals surface area contributed by atoms with Gasteiger partial charge in [-0.1, -0.05) is 6.08 Å². The van der Waals surface area contributed by atoms with E-state index in [0.717, 1.165) is 0 Å². The van der Waals surface area contributed by atoms with Crippen molar-refractivity contribution >= 4 is 0 Å². The van der Waals surface area contributed by atoms with Gasteiger partial charge in [-0.25, -0.2) is 0 Å². The van der Waals surface area contributed by atoms with Crippen LogP contribution >= 0.6 is 0 Å². The summed E-state index contributed by atoms with van der Waals surface area (Å²) in [5.41, 5.74) is 0. The van der Waals surface area contributed by atoms with E-state index in [1.54, 1.807) is 0 Å². The lowest BCUT2D eigenvalue weighted by Gasteiger charge is -1.53. The molecule has 0 fully saturated rings. The number of halogens is 1. The van der Waals surface area contributed by atoms with Crippen LogP contribution in [0.25, 0.3) is 0 Å². The normalized spacial score (nSPS) is 7.67. The number of hydrogen-bond donors (Lipinski definition) is 0. The van der Waals surface area contributed by atoms with Gasteiger partial charge in [0, 0.05) is 0 Å². The molecular formula is C5H4F.